The number of aryl methyl sites for hydroxylation is 1. The largest absolute Gasteiger partial charge is 0.329 e. The normalized spacial score (nSPS) is 17.0. The molecule has 1 aromatic carbocycles. The molecule has 1 aromatic heterocycles. The molecule has 1 amide bonds. The molecule has 1 fully saturated rings. The molecule has 0 saturated carbocycles. The van der Waals surface area contributed by atoms with Gasteiger partial charge in [0.2, 0.25) is 0 Å². The number of carbonyl (C=O) groups excluding carboxylic acids is 1. The van der Waals surface area contributed by atoms with Crippen LogP contribution in [0.15, 0.2) is 35.7 Å². The molecule has 1 atom stereocenters. The molecule has 2 aromatic rings. The van der Waals surface area contributed by atoms with Crippen molar-refractivity contribution in [3.63, 3.8) is 0 Å². The number of nitro groups is 1. The first-order chi connectivity index (χ1) is 11.6. The number of hydrogen-bond donors (Lipinski definition) is 1. The fraction of sp³-hybridized carbons (Fsp3) is 0.353. The molecule has 1 aliphatic rings. The lowest BCUT2D eigenvalue weighted by Crippen LogP contribution is -2.48. The van der Waals surface area contributed by atoms with Gasteiger partial charge in [0.25, 0.3) is 5.91 Å². The smallest absolute Gasteiger partial charge is 0.324 e. The van der Waals surface area contributed by atoms with Crippen molar-refractivity contribution in [2.24, 2.45) is 0 Å². The van der Waals surface area contributed by atoms with Crippen molar-refractivity contribution in [3.05, 3.63) is 62.5 Å². The van der Waals surface area contributed by atoms with Gasteiger partial charge in [0.1, 0.15) is 0 Å². The number of carbonyl (C=O) groups is 1. The summed E-state index contributed by atoms with van der Waals surface area (Å²) in [7, 11) is 0. The fourth-order valence-electron chi connectivity index (χ4n) is 2.92. The van der Waals surface area contributed by atoms with E-state index < -0.39 is 4.92 Å². The molecule has 1 unspecified atom stereocenters. The highest BCUT2D eigenvalue weighted by Gasteiger charge is 2.29. The summed E-state index contributed by atoms with van der Waals surface area (Å²) in [5, 5.41) is 15.7. The van der Waals surface area contributed by atoms with Crippen molar-refractivity contribution in [1.29, 1.82) is 0 Å². The first-order valence-electron chi connectivity index (χ1n) is 7.93. The molecule has 1 aliphatic heterocycles. The number of rotatable bonds is 4. The number of thiophene rings is 1. The van der Waals surface area contributed by atoms with Crippen molar-refractivity contribution < 1.29 is 9.72 Å². The third kappa shape index (κ3) is 4.18. The van der Waals surface area contributed by atoms with Crippen LogP contribution in [0.2, 0.25) is 0 Å². The van der Waals surface area contributed by atoms with Gasteiger partial charge in [-0.3, -0.25) is 14.9 Å². The molecule has 3 rings (SSSR count). The van der Waals surface area contributed by atoms with Crippen LogP contribution < -0.4 is 5.32 Å². The van der Waals surface area contributed by atoms with Gasteiger partial charge in [0, 0.05) is 31.1 Å². The zero-order chi connectivity index (χ0) is 17.1. The highest BCUT2D eigenvalue weighted by molar-refractivity contribution is 7.13. The van der Waals surface area contributed by atoms with Crippen LogP contribution in [0.25, 0.3) is 0 Å². The average Bonchev–Trinajstić information content (AvgIpc) is 3.12. The third-order valence-electron chi connectivity index (χ3n) is 4.29. The lowest BCUT2D eigenvalue weighted by molar-refractivity contribution is -0.380. The Balaban J connectivity index is 0.00000225. The number of hydrogen-bond acceptors (Lipinski definition) is 5. The van der Waals surface area contributed by atoms with Crippen LogP contribution >= 0.6 is 23.7 Å². The summed E-state index contributed by atoms with van der Waals surface area (Å²) in [5.41, 5.74) is 2.73. The SMILES string of the molecule is CCc1ccc(C2CNCCN2C(=O)c2csc([N+](=O)[O-])c2)cc1.Cl. The van der Waals surface area contributed by atoms with Gasteiger partial charge in [-0.05, 0) is 17.5 Å². The van der Waals surface area contributed by atoms with E-state index in [1.165, 1.54) is 11.6 Å². The highest BCUT2D eigenvalue weighted by Crippen LogP contribution is 2.28. The summed E-state index contributed by atoms with van der Waals surface area (Å²) in [6, 6.07) is 9.60. The number of benzene rings is 1. The van der Waals surface area contributed by atoms with Gasteiger partial charge in [-0.2, -0.15) is 0 Å². The summed E-state index contributed by atoms with van der Waals surface area (Å²) >= 11 is 0.990. The van der Waals surface area contributed by atoms with Crippen LogP contribution in [0.5, 0.6) is 0 Å². The molecule has 25 heavy (non-hydrogen) atoms. The second-order valence-corrected chi connectivity index (χ2v) is 6.63. The average molecular weight is 382 g/mol. The van der Waals surface area contributed by atoms with E-state index in [1.807, 2.05) is 4.90 Å². The Labute approximate surface area is 156 Å². The predicted octanol–water partition coefficient (Wildman–Crippen LogP) is 3.43. The van der Waals surface area contributed by atoms with Gasteiger partial charge in [0.15, 0.2) is 0 Å². The van der Waals surface area contributed by atoms with E-state index in [0.717, 1.165) is 29.9 Å². The van der Waals surface area contributed by atoms with Gasteiger partial charge < -0.3 is 10.2 Å². The molecule has 134 valence electrons. The summed E-state index contributed by atoms with van der Waals surface area (Å²) < 4.78 is 0. The van der Waals surface area contributed by atoms with E-state index in [9.17, 15) is 14.9 Å². The number of piperazine rings is 1. The monoisotopic (exact) mass is 381 g/mol. The molecule has 1 saturated heterocycles. The van der Waals surface area contributed by atoms with E-state index in [4.69, 9.17) is 0 Å². The molecule has 8 heteroatoms. The second-order valence-electron chi connectivity index (χ2n) is 5.74. The van der Waals surface area contributed by atoms with E-state index in [-0.39, 0.29) is 29.4 Å². The first kappa shape index (κ1) is 19.4. The molecular weight excluding hydrogens is 362 g/mol. The van der Waals surface area contributed by atoms with Crippen LogP contribution in [-0.4, -0.2) is 35.4 Å². The van der Waals surface area contributed by atoms with Crippen LogP contribution in [0, 0.1) is 10.1 Å². The third-order valence-corrected chi connectivity index (χ3v) is 5.17. The lowest BCUT2D eigenvalue weighted by Gasteiger charge is -2.36. The zero-order valence-corrected chi connectivity index (χ0v) is 15.4. The molecule has 0 bridgehead atoms. The van der Waals surface area contributed by atoms with Crippen molar-refractivity contribution in [3.8, 4) is 0 Å². The van der Waals surface area contributed by atoms with E-state index >= 15 is 0 Å². The van der Waals surface area contributed by atoms with Crippen LogP contribution in [0.1, 0.15) is 34.5 Å². The summed E-state index contributed by atoms with van der Waals surface area (Å²) in [5.74, 6) is -0.148. The highest BCUT2D eigenvalue weighted by atomic mass is 35.5. The molecule has 0 aliphatic carbocycles. The summed E-state index contributed by atoms with van der Waals surface area (Å²) in [4.78, 5) is 25.0. The van der Waals surface area contributed by atoms with Gasteiger partial charge in [-0.1, -0.05) is 42.5 Å². The topological polar surface area (TPSA) is 75.5 Å². The number of amides is 1. The maximum atomic E-state index is 12.8. The molecule has 1 N–H and O–H groups in total. The minimum absolute atomic E-state index is 0. The van der Waals surface area contributed by atoms with Crippen LogP contribution in [-0.2, 0) is 6.42 Å². The Morgan fingerprint density at radius 2 is 2.12 bits per heavy atom. The summed E-state index contributed by atoms with van der Waals surface area (Å²) in [6.07, 6.45) is 0.977. The van der Waals surface area contributed by atoms with Crippen molar-refractivity contribution in [1.82, 2.24) is 10.2 Å². The molecule has 2 heterocycles. The lowest BCUT2D eigenvalue weighted by atomic mass is 10.0. The molecular formula is C17H20ClN3O3S. The van der Waals surface area contributed by atoms with Crippen molar-refractivity contribution >= 4 is 34.7 Å². The number of nitrogens with zero attached hydrogens (tertiary/aromatic N) is 2. The fourth-order valence-corrected chi connectivity index (χ4v) is 3.62. The minimum Gasteiger partial charge on any atom is -0.329 e. The Hall–Kier alpha value is -1.96. The number of nitrogens with one attached hydrogen (secondary N) is 1. The Kier molecular flexibility index (Phi) is 6.52. The standard InChI is InChI=1S/C17H19N3O3S.ClH/c1-2-12-3-5-13(6-4-12)15-10-18-7-8-19(15)17(21)14-9-16(20(22)23)24-11-14;/h3-6,9,11,15,18H,2,7-8,10H2,1H3;1H. The van der Waals surface area contributed by atoms with Crippen molar-refractivity contribution in [2.45, 2.75) is 19.4 Å². The zero-order valence-electron chi connectivity index (χ0n) is 13.8. The Morgan fingerprint density at radius 3 is 2.72 bits per heavy atom. The van der Waals surface area contributed by atoms with Gasteiger partial charge in [-0.25, -0.2) is 0 Å². The van der Waals surface area contributed by atoms with E-state index in [0.29, 0.717) is 18.7 Å². The molecule has 6 nitrogen and oxygen atoms in total. The van der Waals surface area contributed by atoms with E-state index in [2.05, 4.69) is 36.5 Å². The second kappa shape index (κ2) is 8.42. The van der Waals surface area contributed by atoms with Crippen LogP contribution in [0.4, 0.5) is 5.00 Å². The van der Waals surface area contributed by atoms with Gasteiger partial charge in [0.05, 0.1) is 16.5 Å². The quantitative estimate of drug-likeness (QED) is 0.650. The van der Waals surface area contributed by atoms with E-state index in [1.54, 1.807) is 5.38 Å². The van der Waals surface area contributed by atoms with Crippen LogP contribution in [0.3, 0.4) is 0 Å². The Morgan fingerprint density at radius 1 is 1.40 bits per heavy atom. The predicted molar refractivity (Wildman–Crippen MR) is 101 cm³/mol. The van der Waals surface area contributed by atoms with Crippen molar-refractivity contribution in [2.75, 3.05) is 19.6 Å². The Bertz CT molecular complexity index is 748. The van der Waals surface area contributed by atoms with Gasteiger partial charge in [-0.15, -0.1) is 12.4 Å². The van der Waals surface area contributed by atoms with Gasteiger partial charge >= 0.3 is 5.00 Å². The maximum absolute atomic E-state index is 12.8. The number of halogens is 1. The molecule has 0 radical (unpaired) electrons. The summed E-state index contributed by atoms with van der Waals surface area (Å²) in [6.45, 7) is 4.10. The maximum Gasteiger partial charge on any atom is 0.324 e. The first-order valence-corrected chi connectivity index (χ1v) is 8.81. The molecule has 0 spiro atoms. The minimum atomic E-state index is -0.458.